The average Bonchev–Trinajstić information content (AvgIpc) is 3.74. The minimum absolute atomic E-state index is 0.0576. The second kappa shape index (κ2) is 11.3. The van der Waals surface area contributed by atoms with E-state index in [-0.39, 0.29) is 31.2 Å². The predicted molar refractivity (Wildman–Crippen MR) is 148 cm³/mol. The van der Waals surface area contributed by atoms with E-state index in [1.54, 1.807) is 22.9 Å². The van der Waals surface area contributed by atoms with Gasteiger partial charge < -0.3 is 19.5 Å². The van der Waals surface area contributed by atoms with E-state index in [0.29, 0.717) is 40.6 Å². The van der Waals surface area contributed by atoms with Crippen molar-refractivity contribution in [2.45, 2.75) is 51.2 Å². The standard InChI is InChI=1S/C30H31N5O5/c1-2-38-25-14-8-5-11-22(25)29(30(37)31-20-9-3-4-10-20)35(21-15-16-26-27(17-21)40-19-39-26)28(36)18-34-24-13-7-6-12-23(24)32-33-34/h5-8,11-17,20,29H,2-4,9-10,18-19H2,1H3,(H,31,37)/t29-/m0/s1. The Kier molecular flexibility index (Phi) is 7.22. The lowest BCUT2D eigenvalue weighted by molar-refractivity contribution is -0.127. The molecule has 6 rings (SSSR count). The molecule has 2 amide bonds. The smallest absolute Gasteiger partial charge is 0.249 e. The van der Waals surface area contributed by atoms with Crippen LogP contribution in [-0.4, -0.2) is 46.2 Å². The Hall–Kier alpha value is -4.60. The fourth-order valence-corrected chi connectivity index (χ4v) is 5.45. The molecule has 40 heavy (non-hydrogen) atoms. The van der Waals surface area contributed by atoms with Crippen molar-refractivity contribution in [2.75, 3.05) is 18.3 Å². The lowest BCUT2D eigenvalue weighted by Gasteiger charge is -2.33. The van der Waals surface area contributed by atoms with Crippen LogP contribution in [0, 0.1) is 0 Å². The SMILES string of the molecule is CCOc1ccccc1[C@@H](C(=O)NC1CCCC1)N(C(=O)Cn1nnc2ccccc21)c1ccc2c(c1)OCO2. The second-order valence-electron chi connectivity index (χ2n) is 9.90. The molecule has 1 aliphatic carbocycles. The highest BCUT2D eigenvalue weighted by Gasteiger charge is 2.37. The van der Waals surface area contributed by atoms with Crippen molar-refractivity contribution in [3.8, 4) is 17.2 Å². The van der Waals surface area contributed by atoms with Crippen LogP contribution in [-0.2, 0) is 16.1 Å². The maximum atomic E-state index is 14.3. The number of fused-ring (bicyclic) bond motifs is 2. The normalized spacial score (nSPS) is 15.2. The number of anilines is 1. The van der Waals surface area contributed by atoms with Crippen LogP contribution in [0.3, 0.4) is 0 Å². The highest BCUT2D eigenvalue weighted by molar-refractivity contribution is 6.02. The molecule has 0 spiro atoms. The van der Waals surface area contributed by atoms with Crippen LogP contribution in [0.1, 0.15) is 44.2 Å². The molecule has 10 nitrogen and oxygen atoms in total. The summed E-state index contributed by atoms with van der Waals surface area (Å²) in [5.41, 5.74) is 2.50. The first-order valence-electron chi connectivity index (χ1n) is 13.6. The third-order valence-electron chi connectivity index (χ3n) is 7.33. The average molecular weight is 542 g/mol. The lowest BCUT2D eigenvalue weighted by Crippen LogP contribution is -2.47. The highest BCUT2D eigenvalue weighted by atomic mass is 16.7. The van der Waals surface area contributed by atoms with E-state index in [1.807, 2.05) is 55.5 Å². The molecule has 1 atom stereocenters. The van der Waals surface area contributed by atoms with Crippen molar-refractivity contribution in [1.29, 1.82) is 0 Å². The molecule has 4 aromatic rings. The van der Waals surface area contributed by atoms with Gasteiger partial charge in [-0.3, -0.25) is 14.5 Å². The number of amides is 2. The van der Waals surface area contributed by atoms with E-state index in [4.69, 9.17) is 14.2 Å². The van der Waals surface area contributed by atoms with Gasteiger partial charge in [0.2, 0.25) is 18.6 Å². The summed E-state index contributed by atoms with van der Waals surface area (Å²) in [5.74, 6) is 1.02. The van der Waals surface area contributed by atoms with Crippen molar-refractivity contribution in [1.82, 2.24) is 20.3 Å². The van der Waals surface area contributed by atoms with Crippen LogP contribution in [0.2, 0.25) is 0 Å². The van der Waals surface area contributed by atoms with Crippen LogP contribution in [0.15, 0.2) is 66.7 Å². The maximum absolute atomic E-state index is 14.3. The summed E-state index contributed by atoms with van der Waals surface area (Å²) in [5, 5.41) is 11.6. The lowest BCUT2D eigenvalue weighted by atomic mass is 10.0. The van der Waals surface area contributed by atoms with Gasteiger partial charge in [0.05, 0.1) is 12.1 Å². The molecule has 1 fully saturated rings. The molecule has 3 aromatic carbocycles. The quantitative estimate of drug-likeness (QED) is 0.335. The van der Waals surface area contributed by atoms with E-state index in [9.17, 15) is 9.59 Å². The number of rotatable bonds is 9. The number of hydrogen-bond acceptors (Lipinski definition) is 7. The molecule has 206 valence electrons. The highest BCUT2D eigenvalue weighted by Crippen LogP contribution is 2.40. The summed E-state index contributed by atoms with van der Waals surface area (Å²) in [4.78, 5) is 30.0. The maximum Gasteiger partial charge on any atom is 0.249 e. The number of para-hydroxylation sites is 2. The van der Waals surface area contributed by atoms with Crippen molar-refractivity contribution in [3.05, 3.63) is 72.3 Å². The molecule has 0 unspecified atom stereocenters. The third kappa shape index (κ3) is 5.04. The zero-order chi connectivity index (χ0) is 27.5. The van der Waals surface area contributed by atoms with Gasteiger partial charge in [0, 0.05) is 23.4 Å². The summed E-state index contributed by atoms with van der Waals surface area (Å²) in [6.07, 6.45) is 3.95. The van der Waals surface area contributed by atoms with Crippen molar-refractivity contribution in [2.24, 2.45) is 0 Å². The number of hydrogen-bond donors (Lipinski definition) is 1. The molecular weight excluding hydrogens is 510 g/mol. The zero-order valence-corrected chi connectivity index (χ0v) is 22.3. The van der Waals surface area contributed by atoms with E-state index in [2.05, 4.69) is 15.6 Å². The van der Waals surface area contributed by atoms with Gasteiger partial charge in [-0.15, -0.1) is 5.10 Å². The van der Waals surface area contributed by atoms with Crippen LogP contribution in [0.4, 0.5) is 5.69 Å². The molecule has 10 heteroatoms. The van der Waals surface area contributed by atoms with Gasteiger partial charge in [0.15, 0.2) is 11.5 Å². The van der Waals surface area contributed by atoms with Crippen molar-refractivity contribution in [3.63, 3.8) is 0 Å². The van der Waals surface area contributed by atoms with Gasteiger partial charge in [-0.1, -0.05) is 48.4 Å². The molecular formula is C30H31N5O5. The van der Waals surface area contributed by atoms with E-state index >= 15 is 0 Å². The first-order valence-corrected chi connectivity index (χ1v) is 13.6. The summed E-state index contributed by atoms with van der Waals surface area (Å²) < 4.78 is 18.7. The molecule has 1 saturated carbocycles. The largest absolute Gasteiger partial charge is 0.493 e. The van der Waals surface area contributed by atoms with Crippen molar-refractivity contribution >= 4 is 28.5 Å². The van der Waals surface area contributed by atoms with Gasteiger partial charge in [0.1, 0.15) is 23.9 Å². The number of nitrogens with one attached hydrogen (secondary N) is 1. The molecule has 2 aliphatic rings. The first-order chi connectivity index (χ1) is 19.6. The third-order valence-corrected chi connectivity index (χ3v) is 7.33. The van der Waals surface area contributed by atoms with E-state index < -0.39 is 6.04 Å². The molecule has 2 heterocycles. The number of ether oxygens (including phenoxy) is 3. The van der Waals surface area contributed by atoms with E-state index in [1.165, 1.54) is 4.90 Å². The van der Waals surface area contributed by atoms with Crippen molar-refractivity contribution < 1.29 is 23.8 Å². The van der Waals surface area contributed by atoms with E-state index in [0.717, 1.165) is 31.2 Å². The number of nitrogens with zero attached hydrogens (tertiary/aromatic N) is 4. The predicted octanol–water partition coefficient (Wildman–Crippen LogP) is 4.39. The Labute approximate surface area is 231 Å². The molecule has 1 aromatic heterocycles. The van der Waals surface area contributed by atoms with Crippen LogP contribution < -0.4 is 24.4 Å². The molecule has 1 aliphatic heterocycles. The topological polar surface area (TPSA) is 108 Å². The van der Waals surface area contributed by atoms with Gasteiger partial charge in [-0.2, -0.15) is 0 Å². The number of carbonyl (C=O) groups is 2. The number of benzene rings is 3. The summed E-state index contributed by atoms with van der Waals surface area (Å²) in [6, 6.07) is 19.1. The minimum atomic E-state index is -1.01. The summed E-state index contributed by atoms with van der Waals surface area (Å²) in [7, 11) is 0. The van der Waals surface area contributed by atoms with Crippen LogP contribution in [0.25, 0.3) is 11.0 Å². The Balaban J connectivity index is 1.46. The molecule has 0 saturated heterocycles. The fourth-order valence-electron chi connectivity index (χ4n) is 5.45. The van der Waals surface area contributed by atoms with Gasteiger partial charge in [-0.25, -0.2) is 4.68 Å². The zero-order valence-electron chi connectivity index (χ0n) is 22.3. The number of aromatic nitrogens is 3. The fraction of sp³-hybridized carbons (Fsp3) is 0.333. The monoisotopic (exact) mass is 541 g/mol. The van der Waals surface area contributed by atoms with Gasteiger partial charge >= 0.3 is 0 Å². The molecule has 0 bridgehead atoms. The Bertz CT molecular complexity index is 1530. The summed E-state index contributed by atoms with van der Waals surface area (Å²) >= 11 is 0. The minimum Gasteiger partial charge on any atom is -0.493 e. The Morgan fingerprint density at radius 1 is 1.05 bits per heavy atom. The second-order valence-corrected chi connectivity index (χ2v) is 9.90. The van der Waals surface area contributed by atoms with Gasteiger partial charge in [0.25, 0.3) is 0 Å². The first kappa shape index (κ1) is 25.7. The van der Waals surface area contributed by atoms with Crippen LogP contribution >= 0.6 is 0 Å². The molecule has 1 N–H and O–H groups in total. The Morgan fingerprint density at radius 2 is 1.82 bits per heavy atom. The Morgan fingerprint density at radius 3 is 2.67 bits per heavy atom. The van der Waals surface area contributed by atoms with Gasteiger partial charge in [-0.05, 0) is 50.1 Å². The van der Waals surface area contributed by atoms with Crippen LogP contribution in [0.5, 0.6) is 17.2 Å². The molecule has 0 radical (unpaired) electrons. The summed E-state index contributed by atoms with van der Waals surface area (Å²) in [6.45, 7) is 2.27. The number of carbonyl (C=O) groups excluding carboxylic acids is 2.